The zero-order chi connectivity index (χ0) is 8.65. The third-order valence-electron chi connectivity index (χ3n) is 1.45. The van der Waals surface area contributed by atoms with Crippen LogP contribution in [0.2, 0.25) is 0 Å². The molecule has 0 unspecified atom stereocenters. The average Bonchev–Trinajstić information content (AvgIpc) is 2.14. The second-order valence-electron chi connectivity index (χ2n) is 2.50. The van der Waals surface area contributed by atoms with E-state index in [4.69, 9.17) is 4.74 Å². The average molecular weight is 161 g/mol. The van der Waals surface area contributed by atoms with Gasteiger partial charge in [0, 0.05) is 0 Å². The first kappa shape index (κ1) is 8.85. The molecule has 1 radical (unpaired) electrons. The standard InChI is InChI=1S/C11H13O/c1-2-3-9-12-10-11-7-5-4-6-8-11/h3-8H,2,10H2,1H3. The summed E-state index contributed by atoms with van der Waals surface area (Å²) >= 11 is 0. The van der Waals surface area contributed by atoms with Gasteiger partial charge in [-0.3, -0.25) is 0 Å². The lowest BCUT2D eigenvalue weighted by Gasteiger charge is -1.98. The second kappa shape index (κ2) is 5.42. The maximum Gasteiger partial charge on any atom is 0.157 e. The normalized spacial score (nSPS) is 10.4. The van der Waals surface area contributed by atoms with E-state index in [-0.39, 0.29) is 0 Å². The Labute approximate surface area is 73.7 Å². The van der Waals surface area contributed by atoms with E-state index in [9.17, 15) is 0 Å². The van der Waals surface area contributed by atoms with Crippen LogP contribution in [0, 0.1) is 6.26 Å². The third kappa shape index (κ3) is 3.24. The molecule has 0 amide bonds. The van der Waals surface area contributed by atoms with E-state index >= 15 is 0 Å². The molecule has 1 rings (SSSR count). The Hall–Kier alpha value is -1.24. The summed E-state index contributed by atoms with van der Waals surface area (Å²) in [6, 6.07) is 10.1. The molecule has 1 nitrogen and oxygen atoms in total. The van der Waals surface area contributed by atoms with E-state index in [2.05, 4.69) is 13.2 Å². The highest BCUT2D eigenvalue weighted by atomic mass is 16.5. The van der Waals surface area contributed by atoms with Gasteiger partial charge in [-0.1, -0.05) is 37.3 Å². The van der Waals surface area contributed by atoms with Gasteiger partial charge >= 0.3 is 0 Å². The molecular weight excluding hydrogens is 148 g/mol. The highest BCUT2D eigenvalue weighted by Crippen LogP contribution is 2.00. The lowest BCUT2D eigenvalue weighted by Crippen LogP contribution is -1.84. The zero-order valence-corrected chi connectivity index (χ0v) is 7.29. The van der Waals surface area contributed by atoms with E-state index in [1.807, 2.05) is 36.4 Å². The van der Waals surface area contributed by atoms with Crippen LogP contribution in [0.5, 0.6) is 0 Å². The molecule has 0 fully saturated rings. The summed E-state index contributed by atoms with van der Waals surface area (Å²) in [5, 5.41) is 0. The molecular formula is C11H13O. The van der Waals surface area contributed by atoms with Gasteiger partial charge in [0.15, 0.2) is 6.26 Å². The topological polar surface area (TPSA) is 9.23 Å². The van der Waals surface area contributed by atoms with Gasteiger partial charge in [-0.25, -0.2) is 0 Å². The molecule has 0 spiro atoms. The Balaban J connectivity index is 2.29. The van der Waals surface area contributed by atoms with Crippen molar-refractivity contribution >= 4 is 0 Å². The van der Waals surface area contributed by atoms with Gasteiger partial charge in [-0.2, -0.15) is 0 Å². The van der Waals surface area contributed by atoms with Crippen LogP contribution >= 0.6 is 0 Å². The molecule has 0 N–H and O–H groups in total. The minimum atomic E-state index is 0.608. The third-order valence-corrected chi connectivity index (χ3v) is 1.45. The molecule has 0 aliphatic rings. The van der Waals surface area contributed by atoms with E-state index in [1.165, 1.54) is 5.56 Å². The summed E-state index contributed by atoms with van der Waals surface area (Å²) in [5.74, 6) is 0. The van der Waals surface area contributed by atoms with Crippen LogP contribution in [0.3, 0.4) is 0 Å². The van der Waals surface area contributed by atoms with Crippen LogP contribution in [0.4, 0.5) is 0 Å². The SMILES string of the molecule is CC/C=[C]\OCc1ccccc1. The maximum absolute atomic E-state index is 5.15. The van der Waals surface area contributed by atoms with Crippen molar-refractivity contribution in [3.8, 4) is 0 Å². The van der Waals surface area contributed by atoms with Gasteiger partial charge in [0.05, 0.1) is 0 Å². The maximum atomic E-state index is 5.15. The molecule has 0 saturated carbocycles. The van der Waals surface area contributed by atoms with Crippen molar-refractivity contribution in [2.24, 2.45) is 0 Å². The van der Waals surface area contributed by atoms with E-state index in [1.54, 1.807) is 0 Å². The van der Waals surface area contributed by atoms with Gasteiger partial charge in [0.2, 0.25) is 0 Å². The van der Waals surface area contributed by atoms with E-state index in [0.717, 1.165) is 6.42 Å². The summed E-state index contributed by atoms with van der Waals surface area (Å²) in [5.41, 5.74) is 1.18. The number of hydrogen-bond donors (Lipinski definition) is 0. The molecule has 0 heterocycles. The first-order valence-electron chi connectivity index (χ1n) is 4.16. The molecule has 1 aromatic carbocycles. The number of ether oxygens (including phenoxy) is 1. The number of benzene rings is 1. The molecule has 0 aliphatic heterocycles. The molecule has 1 heteroatoms. The van der Waals surface area contributed by atoms with Crippen LogP contribution in [-0.2, 0) is 11.3 Å². The van der Waals surface area contributed by atoms with Crippen LogP contribution in [-0.4, -0.2) is 0 Å². The Morgan fingerprint density at radius 1 is 1.33 bits per heavy atom. The minimum Gasteiger partial charge on any atom is -0.485 e. The largest absolute Gasteiger partial charge is 0.485 e. The van der Waals surface area contributed by atoms with Gasteiger partial charge in [0.1, 0.15) is 6.61 Å². The first-order valence-corrected chi connectivity index (χ1v) is 4.16. The molecule has 0 atom stereocenters. The van der Waals surface area contributed by atoms with Crippen molar-refractivity contribution in [1.82, 2.24) is 0 Å². The Kier molecular flexibility index (Phi) is 4.00. The molecule has 0 saturated heterocycles. The van der Waals surface area contributed by atoms with Crippen LogP contribution in [0.15, 0.2) is 36.4 Å². The lowest BCUT2D eigenvalue weighted by molar-refractivity contribution is 0.214. The molecule has 63 valence electrons. The van der Waals surface area contributed by atoms with Crippen molar-refractivity contribution in [3.63, 3.8) is 0 Å². The Morgan fingerprint density at radius 3 is 2.75 bits per heavy atom. The fraction of sp³-hybridized carbons (Fsp3) is 0.273. The zero-order valence-electron chi connectivity index (χ0n) is 7.29. The summed E-state index contributed by atoms with van der Waals surface area (Å²) in [4.78, 5) is 0. The van der Waals surface area contributed by atoms with Crippen molar-refractivity contribution in [2.75, 3.05) is 0 Å². The highest BCUT2D eigenvalue weighted by molar-refractivity contribution is 5.13. The molecule has 0 bridgehead atoms. The number of hydrogen-bond acceptors (Lipinski definition) is 1. The predicted molar refractivity (Wildman–Crippen MR) is 49.3 cm³/mol. The Bertz CT molecular complexity index is 226. The second-order valence-corrected chi connectivity index (χ2v) is 2.50. The van der Waals surface area contributed by atoms with Gasteiger partial charge in [-0.05, 0) is 18.1 Å². The molecule has 0 aromatic heterocycles. The van der Waals surface area contributed by atoms with E-state index < -0.39 is 0 Å². The fourth-order valence-electron chi connectivity index (χ4n) is 0.841. The summed E-state index contributed by atoms with van der Waals surface area (Å²) in [6.07, 6.45) is 5.60. The van der Waals surface area contributed by atoms with Gasteiger partial charge < -0.3 is 4.74 Å². The molecule has 0 aliphatic carbocycles. The smallest absolute Gasteiger partial charge is 0.157 e. The van der Waals surface area contributed by atoms with Gasteiger partial charge in [0.25, 0.3) is 0 Å². The monoisotopic (exact) mass is 161 g/mol. The number of rotatable bonds is 4. The van der Waals surface area contributed by atoms with Crippen molar-refractivity contribution < 1.29 is 4.74 Å². The predicted octanol–water partition coefficient (Wildman–Crippen LogP) is 2.93. The summed E-state index contributed by atoms with van der Waals surface area (Å²) in [6.45, 7) is 2.66. The summed E-state index contributed by atoms with van der Waals surface area (Å²) in [7, 11) is 0. The van der Waals surface area contributed by atoms with Crippen LogP contribution < -0.4 is 0 Å². The summed E-state index contributed by atoms with van der Waals surface area (Å²) < 4.78 is 5.15. The van der Waals surface area contributed by atoms with Crippen molar-refractivity contribution in [2.45, 2.75) is 20.0 Å². The molecule has 1 aromatic rings. The van der Waals surface area contributed by atoms with Crippen molar-refractivity contribution in [1.29, 1.82) is 0 Å². The van der Waals surface area contributed by atoms with Crippen LogP contribution in [0.25, 0.3) is 0 Å². The van der Waals surface area contributed by atoms with Crippen LogP contribution in [0.1, 0.15) is 18.9 Å². The van der Waals surface area contributed by atoms with Gasteiger partial charge in [-0.15, -0.1) is 0 Å². The minimum absolute atomic E-state index is 0.608. The highest BCUT2D eigenvalue weighted by Gasteiger charge is 1.87. The molecule has 12 heavy (non-hydrogen) atoms. The quantitative estimate of drug-likeness (QED) is 0.617. The number of allylic oxidation sites excluding steroid dienone is 1. The Morgan fingerprint density at radius 2 is 2.08 bits per heavy atom. The first-order chi connectivity index (χ1) is 5.93. The van der Waals surface area contributed by atoms with Crippen molar-refractivity contribution in [3.05, 3.63) is 48.2 Å². The lowest BCUT2D eigenvalue weighted by atomic mass is 10.2. The fourth-order valence-corrected chi connectivity index (χ4v) is 0.841. The van der Waals surface area contributed by atoms with E-state index in [0.29, 0.717) is 6.61 Å².